The number of aromatic nitrogens is 3. The van der Waals surface area contributed by atoms with Crippen LogP contribution in [0.15, 0.2) is 24.3 Å². The van der Waals surface area contributed by atoms with E-state index in [2.05, 4.69) is 22.3 Å². The molecule has 28 heavy (non-hydrogen) atoms. The number of rotatable bonds is 16. The lowest BCUT2D eigenvalue weighted by Crippen LogP contribution is -1.97. The lowest BCUT2D eigenvalue weighted by molar-refractivity contribution is 0.530. The predicted molar refractivity (Wildman–Crippen MR) is 122 cm³/mol. The first-order valence-corrected chi connectivity index (χ1v) is 11.8. The third-order valence-corrected chi connectivity index (χ3v) is 5.29. The zero-order chi connectivity index (χ0) is 20.1. The van der Waals surface area contributed by atoms with E-state index in [1.54, 1.807) is 0 Å². The average Bonchev–Trinajstić information content (AvgIpc) is 3.20. The normalized spacial score (nSPS) is 10.8. The molecule has 160 valence electrons. The van der Waals surface area contributed by atoms with Gasteiger partial charge in [0, 0.05) is 0 Å². The van der Waals surface area contributed by atoms with Crippen molar-refractivity contribution in [2.45, 2.75) is 110 Å². The van der Waals surface area contributed by atoms with Crippen molar-refractivity contribution in [1.29, 1.82) is 0 Å². The summed E-state index contributed by atoms with van der Waals surface area (Å²) < 4.78 is 0. The van der Waals surface area contributed by atoms with Crippen molar-refractivity contribution in [3.8, 4) is 0 Å². The number of unbranched alkanes of at least 4 members (excludes halogenated alkanes) is 15. The van der Waals surface area contributed by atoms with E-state index in [1.165, 1.54) is 103 Å². The number of nitrogens with one attached hydrogen (secondary N) is 1. The number of hydrogen-bond donors (Lipinski definition) is 2. The highest BCUT2D eigenvalue weighted by molar-refractivity contribution is 5.72. The monoisotopic (exact) mass is 388 g/mol. The molecule has 0 aliphatic heterocycles. The van der Waals surface area contributed by atoms with E-state index < -0.39 is 0 Å². The van der Waals surface area contributed by atoms with Gasteiger partial charge in [-0.3, -0.25) is 5.10 Å². The third-order valence-electron chi connectivity index (χ3n) is 5.29. The maximum Gasteiger partial charge on any atom is 0.112 e. The Morgan fingerprint density at radius 1 is 0.679 bits per heavy atom. The summed E-state index contributed by atoms with van der Waals surface area (Å²) in [4.78, 5) is 0. The molecule has 0 saturated carbocycles. The van der Waals surface area contributed by atoms with E-state index in [4.69, 9.17) is 5.73 Å². The predicted octanol–water partition coefficient (Wildman–Crippen LogP) is 7.16. The Balaban J connectivity index is 0.000000354. The first-order chi connectivity index (χ1) is 13.9. The molecule has 2 aromatic rings. The molecule has 0 radical (unpaired) electrons. The molecule has 0 bridgehead atoms. The van der Waals surface area contributed by atoms with Crippen LogP contribution in [-0.2, 0) is 0 Å². The number of nitrogens with zero attached hydrogens (tertiary/aromatic N) is 2. The summed E-state index contributed by atoms with van der Waals surface area (Å²) in [6.07, 6.45) is 22.9. The van der Waals surface area contributed by atoms with Crippen LogP contribution >= 0.6 is 0 Å². The molecule has 3 N–H and O–H groups in total. The summed E-state index contributed by atoms with van der Waals surface area (Å²) in [6, 6.07) is 7.74. The van der Waals surface area contributed by atoms with Gasteiger partial charge in [-0.2, -0.15) is 0 Å². The second-order valence-corrected chi connectivity index (χ2v) is 7.92. The van der Waals surface area contributed by atoms with Gasteiger partial charge in [-0.1, -0.05) is 121 Å². The molecular weight excluding hydrogens is 344 g/mol. The molecule has 1 heterocycles. The maximum atomic E-state index is 5.48. The molecule has 4 heteroatoms. The Labute approximate surface area is 173 Å². The summed E-state index contributed by atoms with van der Waals surface area (Å²) in [6.45, 7) is 3.16. The summed E-state index contributed by atoms with van der Waals surface area (Å²) in [7, 11) is 0. The maximum absolute atomic E-state index is 5.48. The molecule has 0 aliphatic carbocycles. The van der Waals surface area contributed by atoms with Crippen LogP contribution in [0.2, 0.25) is 0 Å². The second kappa shape index (κ2) is 18.9. The van der Waals surface area contributed by atoms with Crippen molar-refractivity contribution < 1.29 is 0 Å². The number of benzene rings is 1. The van der Waals surface area contributed by atoms with E-state index in [1.807, 2.05) is 24.3 Å². The molecule has 0 fully saturated rings. The van der Waals surface area contributed by atoms with Crippen LogP contribution in [0.1, 0.15) is 110 Å². The first-order valence-electron chi connectivity index (χ1n) is 11.8. The minimum Gasteiger partial charge on any atom is -0.330 e. The quantitative estimate of drug-likeness (QED) is 0.300. The third kappa shape index (κ3) is 13.7. The van der Waals surface area contributed by atoms with Gasteiger partial charge in [0.2, 0.25) is 0 Å². The molecule has 2 rings (SSSR count). The van der Waals surface area contributed by atoms with E-state index in [9.17, 15) is 0 Å². The number of aromatic amines is 1. The fourth-order valence-electron chi connectivity index (χ4n) is 3.48. The fourth-order valence-corrected chi connectivity index (χ4v) is 3.48. The van der Waals surface area contributed by atoms with Crippen molar-refractivity contribution in [3.63, 3.8) is 0 Å². The zero-order valence-corrected chi connectivity index (χ0v) is 18.3. The Morgan fingerprint density at radius 2 is 1.14 bits per heavy atom. The van der Waals surface area contributed by atoms with E-state index >= 15 is 0 Å². The Kier molecular flexibility index (Phi) is 16.6. The van der Waals surface area contributed by atoms with Crippen molar-refractivity contribution in [1.82, 2.24) is 15.4 Å². The number of H-pyrrole nitrogens is 1. The van der Waals surface area contributed by atoms with Gasteiger partial charge in [0.05, 0.1) is 5.52 Å². The van der Waals surface area contributed by atoms with Crippen LogP contribution in [0.4, 0.5) is 0 Å². The van der Waals surface area contributed by atoms with Crippen molar-refractivity contribution >= 4 is 11.0 Å². The summed E-state index contributed by atoms with van der Waals surface area (Å²) in [5, 5.41) is 10.2. The molecule has 0 aliphatic rings. The smallest absolute Gasteiger partial charge is 0.112 e. The Hall–Kier alpha value is -1.42. The van der Waals surface area contributed by atoms with Crippen LogP contribution < -0.4 is 5.73 Å². The lowest BCUT2D eigenvalue weighted by atomic mass is 10.0. The SMILES string of the molecule is CCCCCCCCCCCCCCCCCCN.c1ccc2[nH]nnc2c1. The topological polar surface area (TPSA) is 67.6 Å². The van der Waals surface area contributed by atoms with E-state index in [-0.39, 0.29) is 0 Å². The van der Waals surface area contributed by atoms with Crippen LogP contribution in [-0.4, -0.2) is 22.0 Å². The summed E-state index contributed by atoms with van der Waals surface area (Å²) in [5.41, 5.74) is 7.38. The second-order valence-electron chi connectivity index (χ2n) is 7.92. The Bertz CT molecular complexity index is 506. The number of fused-ring (bicyclic) bond motifs is 1. The van der Waals surface area contributed by atoms with Gasteiger partial charge in [0.25, 0.3) is 0 Å². The molecule has 1 aromatic carbocycles. The minimum absolute atomic E-state index is 0.873. The Morgan fingerprint density at radius 3 is 1.61 bits per heavy atom. The van der Waals surface area contributed by atoms with Gasteiger partial charge in [-0.15, -0.1) is 5.10 Å². The lowest BCUT2D eigenvalue weighted by Gasteiger charge is -2.03. The van der Waals surface area contributed by atoms with E-state index in [0.717, 1.165) is 17.6 Å². The molecule has 0 spiro atoms. The molecule has 0 unspecified atom stereocenters. The molecular formula is C24H44N4. The minimum atomic E-state index is 0.873. The van der Waals surface area contributed by atoms with Gasteiger partial charge in [-0.05, 0) is 25.1 Å². The van der Waals surface area contributed by atoms with Crippen LogP contribution in [0, 0.1) is 0 Å². The molecule has 0 atom stereocenters. The van der Waals surface area contributed by atoms with Gasteiger partial charge >= 0.3 is 0 Å². The molecule has 4 nitrogen and oxygen atoms in total. The zero-order valence-electron chi connectivity index (χ0n) is 18.3. The molecule has 0 saturated heterocycles. The average molecular weight is 389 g/mol. The fraction of sp³-hybridized carbons (Fsp3) is 0.750. The standard InChI is InChI=1S/C18H39N.C6H5N3/c1-2-3-4-5-6-7-8-9-10-11-12-13-14-15-16-17-18-19;1-2-4-6-5(3-1)7-9-8-6/h2-19H2,1H3;1-4H,(H,7,8,9). The highest BCUT2D eigenvalue weighted by atomic mass is 15.3. The number of para-hydroxylation sites is 1. The highest BCUT2D eigenvalue weighted by Crippen LogP contribution is 2.13. The summed E-state index contributed by atoms with van der Waals surface area (Å²) in [5.74, 6) is 0. The number of hydrogen-bond acceptors (Lipinski definition) is 3. The largest absolute Gasteiger partial charge is 0.330 e. The van der Waals surface area contributed by atoms with E-state index in [0.29, 0.717) is 0 Å². The molecule has 1 aromatic heterocycles. The van der Waals surface area contributed by atoms with Gasteiger partial charge in [0.15, 0.2) is 0 Å². The van der Waals surface area contributed by atoms with Gasteiger partial charge < -0.3 is 5.73 Å². The number of nitrogens with two attached hydrogens (primary N) is 1. The van der Waals surface area contributed by atoms with Gasteiger partial charge in [0.1, 0.15) is 5.52 Å². The van der Waals surface area contributed by atoms with Crippen molar-refractivity contribution in [2.24, 2.45) is 5.73 Å². The summed E-state index contributed by atoms with van der Waals surface area (Å²) >= 11 is 0. The van der Waals surface area contributed by atoms with Gasteiger partial charge in [-0.25, -0.2) is 0 Å². The van der Waals surface area contributed by atoms with Crippen LogP contribution in [0.25, 0.3) is 11.0 Å². The van der Waals surface area contributed by atoms with Crippen molar-refractivity contribution in [2.75, 3.05) is 6.54 Å². The van der Waals surface area contributed by atoms with Crippen LogP contribution in [0.3, 0.4) is 0 Å². The van der Waals surface area contributed by atoms with Crippen molar-refractivity contribution in [3.05, 3.63) is 24.3 Å². The highest BCUT2D eigenvalue weighted by Gasteiger charge is 1.94. The molecule has 0 amide bonds. The first kappa shape index (κ1) is 24.6. The van der Waals surface area contributed by atoms with Crippen LogP contribution in [0.5, 0.6) is 0 Å².